The molecule has 0 spiro atoms. The first-order valence-corrected chi connectivity index (χ1v) is 3.18. The van der Waals surface area contributed by atoms with Crippen molar-refractivity contribution in [3.8, 4) is 0 Å². The van der Waals surface area contributed by atoms with E-state index in [9.17, 15) is 9.59 Å². The molecule has 0 amide bonds. The number of carboxylic acid groups (broad SMARTS) is 2. The van der Waals surface area contributed by atoms with Gasteiger partial charge < -0.3 is 10.2 Å². The minimum atomic E-state index is -1.06. The Morgan fingerprint density at radius 2 is 1.00 bits per heavy atom. The number of aromatic carboxylic acids is 2. The van der Waals surface area contributed by atoms with Gasteiger partial charge in [-0.05, 0) is 24.3 Å². The molecule has 14 heavy (non-hydrogen) atoms. The van der Waals surface area contributed by atoms with Gasteiger partial charge in [0.1, 0.15) is 0 Å². The van der Waals surface area contributed by atoms with Crippen molar-refractivity contribution in [2.75, 3.05) is 0 Å². The summed E-state index contributed by atoms with van der Waals surface area (Å²) < 4.78 is 0. The number of hydrogen-bond donors (Lipinski definition) is 2. The largest absolute Gasteiger partial charge is 0.478 e. The molecule has 2 N–H and O–H groups in total. The summed E-state index contributed by atoms with van der Waals surface area (Å²) >= 11 is 0. The second kappa shape index (κ2) is 7.00. The van der Waals surface area contributed by atoms with Gasteiger partial charge in [-0.2, -0.15) is 0 Å². The van der Waals surface area contributed by atoms with E-state index in [1.54, 1.807) is 0 Å². The molecule has 0 fully saturated rings. The van der Waals surface area contributed by atoms with Crippen molar-refractivity contribution >= 4 is 11.9 Å². The molecule has 0 saturated heterocycles. The smallest absolute Gasteiger partial charge is 0.335 e. The van der Waals surface area contributed by atoms with E-state index >= 15 is 0 Å². The summed E-state index contributed by atoms with van der Waals surface area (Å²) in [5.74, 6) is -2.13. The predicted octanol–water partition coefficient (Wildman–Crippen LogP) is 1.08. The van der Waals surface area contributed by atoms with Crippen molar-refractivity contribution in [1.29, 1.82) is 0 Å². The molecule has 6 heteroatoms. The molecular formula is C8H6Au2O4. The van der Waals surface area contributed by atoms with Crippen molar-refractivity contribution in [2.24, 2.45) is 0 Å². The van der Waals surface area contributed by atoms with Crippen LogP contribution >= 0.6 is 0 Å². The zero-order valence-electron chi connectivity index (χ0n) is 6.62. The fourth-order valence-corrected chi connectivity index (χ4v) is 0.755. The molecular weight excluding hydrogens is 554 g/mol. The van der Waals surface area contributed by atoms with Gasteiger partial charge in [-0.15, -0.1) is 0 Å². The maximum absolute atomic E-state index is 10.3. The Morgan fingerprint density at radius 1 is 0.786 bits per heavy atom. The second-order valence-corrected chi connectivity index (χ2v) is 2.19. The van der Waals surface area contributed by atoms with E-state index in [4.69, 9.17) is 10.2 Å². The van der Waals surface area contributed by atoms with Crippen molar-refractivity contribution < 1.29 is 64.6 Å². The Balaban J connectivity index is 0. The molecule has 1 aromatic carbocycles. The number of carboxylic acids is 2. The molecule has 0 bridgehead atoms. The average Bonchev–Trinajstić information content (AvgIpc) is 2.04. The van der Waals surface area contributed by atoms with Gasteiger partial charge in [0, 0.05) is 44.8 Å². The van der Waals surface area contributed by atoms with Gasteiger partial charge in [0.15, 0.2) is 0 Å². The summed E-state index contributed by atoms with van der Waals surface area (Å²) in [6.07, 6.45) is 0. The van der Waals surface area contributed by atoms with E-state index in [2.05, 4.69) is 0 Å². The minimum Gasteiger partial charge on any atom is -0.478 e. The van der Waals surface area contributed by atoms with Gasteiger partial charge in [0.2, 0.25) is 0 Å². The molecule has 0 atom stereocenters. The maximum Gasteiger partial charge on any atom is 0.335 e. The molecule has 84 valence electrons. The van der Waals surface area contributed by atoms with E-state index in [0.717, 1.165) is 0 Å². The quantitative estimate of drug-likeness (QED) is 0.532. The molecule has 0 aliphatic carbocycles. The normalized spacial score (nSPS) is 8.00. The fourth-order valence-electron chi connectivity index (χ4n) is 0.755. The van der Waals surface area contributed by atoms with E-state index in [-0.39, 0.29) is 55.9 Å². The Morgan fingerprint density at radius 3 is 1.14 bits per heavy atom. The van der Waals surface area contributed by atoms with Crippen molar-refractivity contribution in [1.82, 2.24) is 0 Å². The fraction of sp³-hybridized carbons (Fsp3) is 0. The second-order valence-electron chi connectivity index (χ2n) is 2.19. The molecule has 0 aliphatic rings. The third kappa shape index (κ3) is 4.24. The van der Waals surface area contributed by atoms with Crippen LogP contribution in [0.15, 0.2) is 24.3 Å². The SMILES string of the molecule is O=C(O)c1ccc(C(=O)O)cc1.[Au].[Au]. The van der Waals surface area contributed by atoms with Crippen LogP contribution < -0.4 is 0 Å². The van der Waals surface area contributed by atoms with Gasteiger partial charge in [-0.1, -0.05) is 0 Å². The molecule has 0 aromatic heterocycles. The van der Waals surface area contributed by atoms with Gasteiger partial charge in [-0.25, -0.2) is 9.59 Å². The molecule has 4 nitrogen and oxygen atoms in total. The van der Waals surface area contributed by atoms with Gasteiger partial charge in [0.05, 0.1) is 11.1 Å². The number of benzene rings is 1. The Bertz CT molecular complexity index is 288. The number of hydrogen-bond acceptors (Lipinski definition) is 2. The molecule has 0 heterocycles. The van der Waals surface area contributed by atoms with E-state index < -0.39 is 11.9 Å². The summed E-state index contributed by atoms with van der Waals surface area (Å²) in [6, 6.07) is 5.02. The van der Waals surface area contributed by atoms with Crippen molar-refractivity contribution in [3.05, 3.63) is 35.4 Å². The summed E-state index contributed by atoms with van der Waals surface area (Å²) in [6.45, 7) is 0. The Labute approximate surface area is 111 Å². The number of carbonyl (C=O) groups is 2. The van der Waals surface area contributed by atoms with Gasteiger partial charge in [0.25, 0.3) is 0 Å². The summed E-state index contributed by atoms with van der Waals surface area (Å²) in [7, 11) is 0. The summed E-state index contributed by atoms with van der Waals surface area (Å²) in [5, 5.41) is 16.9. The van der Waals surface area contributed by atoms with Crippen LogP contribution in [0.4, 0.5) is 0 Å². The molecule has 2 radical (unpaired) electrons. The van der Waals surface area contributed by atoms with Crippen LogP contribution in [0, 0.1) is 0 Å². The van der Waals surface area contributed by atoms with Crippen LogP contribution in [0.3, 0.4) is 0 Å². The standard InChI is InChI=1S/C8H6O4.2Au/c9-7(10)5-1-2-6(4-3-5)8(11)12;;/h1-4H,(H,9,10)(H,11,12);;. The molecule has 1 rings (SSSR count). The van der Waals surface area contributed by atoms with E-state index in [1.165, 1.54) is 24.3 Å². The Kier molecular flexibility index (Phi) is 8.04. The monoisotopic (exact) mass is 560 g/mol. The zero-order valence-corrected chi connectivity index (χ0v) is 11.0. The van der Waals surface area contributed by atoms with Crippen LogP contribution in [0.5, 0.6) is 0 Å². The van der Waals surface area contributed by atoms with Crippen LogP contribution in [0.25, 0.3) is 0 Å². The predicted molar refractivity (Wildman–Crippen MR) is 40.4 cm³/mol. The Hall–Kier alpha value is -0.359. The van der Waals surface area contributed by atoms with Crippen molar-refractivity contribution in [2.45, 2.75) is 0 Å². The van der Waals surface area contributed by atoms with Crippen LogP contribution in [0.2, 0.25) is 0 Å². The first-order chi connectivity index (χ1) is 5.61. The van der Waals surface area contributed by atoms with Crippen molar-refractivity contribution in [3.63, 3.8) is 0 Å². The summed E-state index contributed by atoms with van der Waals surface area (Å²) in [5.41, 5.74) is 0.167. The van der Waals surface area contributed by atoms with Crippen LogP contribution in [-0.4, -0.2) is 22.2 Å². The summed E-state index contributed by atoms with van der Waals surface area (Å²) in [4.78, 5) is 20.7. The van der Waals surface area contributed by atoms with Crippen LogP contribution in [0.1, 0.15) is 20.7 Å². The topological polar surface area (TPSA) is 74.6 Å². The third-order valence-corrected chi connectivity index (χ3v) is 1.38. The molecule has 0 saturated carbocycles. The minimum absolute atomic E-state index is 0. The van der Waals surface area contributed by atoms with E-state index in [1.807, 2.05) is 0 Å². The average molecular weight is 560 g/mol. The van der Waals surface area contributed by atoms with Gasteiger partial charge >= 0.3 is 11.9 Å². The molecule has 0 unspecified atom stereocenters. The molecule has 1 aromatic rings. The van der Waals surface area contributed by atoms with Crippen LogP contribution in [-0.2, 0) is 44.8 Å². The molecule has 0 aliphatic heterocycles. The zero-order chi connectivity index (χ0) is 9.14. The van der Waals surface area contributed by atoms with E-state index in [0.29, 0.717) is 0 Å². The third-order valence-electron chi connectivity index (χ3n) is 1.38. The number of rotatable bonds is 2. The first kappa shape index (κ1) is 16.1. The van der Waals surface area contributed by atoms with Gasteiger partial charge in [-0.3, -0.25) is 0 Å². The maximum atomic E-state index is 10.3. The first-order valence-electron chi connectivity index (χ1n) is 3.18.